The molecule has 5 rings (SSSR count). The maximum Gasteiger partial charge on any atom is 0.228 e. The minimum Gasteiger partial charge on any atom is -0.382 e. The smallest absolute Gasteiger partial charge is 0.228 e. The number of nitrogen functional groups attached to an aromatic ring is 1. The van der Waals surface area contributed by atoms with Crippen molar-refractivity contribution < 1.29 is 9.47 Å². The van der Waals surface area contributed by atoms with E-state index in [1.54, 1.807) is 0 Å². The summed E-state index contributed by atoms with van der Waals surface area (Å²) < 4.78 is 11.0. The van der Waals surface area contributed by atoms with Gasteiger partial charge in [-0.05, 0) is 6.07 Å². The number of rotatable bonds is 3. The predicted molar refractivity (Wildman–Crippen MR) is 113 cm³/mol. The van der Waals surface area contributed by atoms with Crippen LogP contribution in [0.25, 0.3) is 22.2 Å². The average molecular weight is 392 g/mol. The summed E-state index contributed by atoms with van der Waals surface area (Å²) in [6.45, 7) is 5.83. The quantitative estimate of drug-likeness (QED) is 0.723. The molecular formula is C21H24N6O2. The number of ether oxygens (including phenoxy) is 2. The maximum atomic E-state index is 6.40. The van der Waals surface area contributed by atoms with Gasteiger partial charge >= 0.3 is 0 Å². The molecule has 0 radical (unpaired) electrons. The summed E-state index contributed by atoms with van der Waals surface area (Å²) in [5.74, 6) is 2.00. The summed E-state index contributed by atoms with van der Waals surface area (Å²) in [5, 5.41) is 0.926. The van der Waals surface area contributed by atoms with E-state index in [1.807, 2.05) is 30.3 Å². The molecule has 8 heteroatoms. The molecule has 150 valence electrons. The summed E-state index contributed by atoms with van der Waals surface area (Å²) in [5.41, 5.74) is 8.95. The van der Waals surface area contributed by atoms with E-state index >= 15 is 0 Å². The average Bonchev–Trinajstić information content (AvgIpc) is 2.80. The monoisotopic (exact) mass is 392 g/mol. The van der Waals surface area contributed by atoms with E-state index in [4.69, 9.17) is 25.2 Å². The van der Waals surface area contributed by atoms with Gasteiger partial charge < -0.3 is 25.0 Å². The molecule has 2 aromatic heterocycles. The highest BCUT2D eigenvalue weighted by Gasteiger charge is 2.23. The molecule has 4 heterocycles. The normalized spacial score (nSPS) is 17.7. The minimum absolute atomic E-state index is 0.424. The van der Waals surface area contributed by atoms with Crippen molar-refractivity contribution in [3.05, 3.63) is 36.4 Å². The fraction of sp³-hybridized carbons (Fsp3) is 0.381. The van der Waals surface area contributed by atoms with Crippen LogP contribution in [0.5, 0.6) is 0 Å². The van der Waals surface area contributed by atoms with E-state index < -0.39 is 0 Å². The Labute approximate surface area is 169 Å². The Bertz CT molecular complexity index is 1000. The topological polar surface area (TPSA) is 89.6 Å². The fourth-order valence-electron chi connectivity index (χ4n) is 3.80. The van der Waals surface area contributed by atoms with Gasteiger partial charge in [-0.15, -0.1) is 0 Å². The van der Waals surface area contributed by atoms with Crippen LogP contribution >= 0.6 is 0 Å². The number of fused-ring (bicyclic) bond motifs is 1. The number of hydrogen-bond donors (Lipinski definition) is 1. The van der Waals surface area contributed by atoms with Crippen molar-refractivity contribution in [1.29, 1.82) is 0 Å². The molecule has 29 heavy (non-hydrogen) atoms. The Hall–Kier alpha value is -2.97. The standard InChI is InChI=1S/C21H24N6O2/c22-19-18-16(14-17(23-19)15-4-2-1-3-5-15)20(26-6-10-28-11-7-26)25-21(24-18)27-8-12-29-13-9-27/h1-5,14H,6-13H2,(H2,22,23). The summed E-state index contributed by atoms with van der Waals surface area (Å²) in [4.78, 5) is 18.8. The Kier molecular flexibility index (Phi) is 4.87. The molecule has 2 fully saturated rings. The van der Waals surface area contributed by atoms with Crippen LogP contribution in [-0.4, -0.2) is 67.6 Å². The first kappa shape index (κ1) is 18.1. The lowest BCUT2D eigenvalue weighted by Gasteiger charge is -2.31. The first-order valence-electron chi connectivity index (χ1n) is 9.99. The van der Waals surface area contributed by atoms with Gasteiger partial charge in [-0.2, -0.15) is 4.98 Å². The second-order valence-corrected chi connectivity index (χ2v) is 7.20. The second-order valence-electron chi connectivity index (χ2n) is 7.20. The van der Waals surface area contributed by atoms with Crippen molar-refractivity contribution in [2.45, 2.75) is 0 Å². The molecule has 2 aliphatic heterocycles. The van der Waals surface area contributed by atoms with Crippen molar-refractivity contribution in [3.63, 3.8) is 0 Å². The number of aromatic nitrogens is 3. The van der Waals surface area contributed by atoms with Gasteiger partial charge in [0.05, 0.1) is 32.1 Å². The summed E-state index contributed by atoms with van der Waals surface area (Å²) in [6.07, 6.45) is 0. The third kappa shape index (κ3) is 3.56. The molecule has 2 saturated heterocycles. The molecular weight excluding hydrogens is 368 g/mol. The number of benzene rings is 1. The predicted octanol–water partition coefficient (Wildman–Crippen LogP) is 1.95. The van der Waals surface area contributed by atoms with Gasteiger partial charge in [0.1, 0.15) is 11.3 Å². The highest BCUT2D eigenvalue weighted by atomic mass is 16.5. The molecule has 0 amide bonds. The third-order valence-electron chi connectivity index (χ3n) is 5.35. The van der Waals surface area contributed by atoms with Crippen LogP contribution in [0.15, 0.2) is 36.4 Å². The lowest BCUT2D eigenvalue weighted by Crippen LogP contribution is -2.39. The number of nitrogens with two attached hydrogens (primary N) is 1. The molecule has 0 unspecified atom stereocenters. The Morgan fingerprint density at radius 2 is 1.45 bits per heavy atom. The Balaban J connectivity index is 1.68. The largest absolute Gasteiger partial charge is 0.382 e. The van der Waals surface area contributed by atoms with Crippen LogP contribution in [-0.2, 0) is 9.47 Å². The van der Waals surface area contributed by atoms with Crippen molar-refractivity contribution in [2.75, 3.05) is 68.1 Å². The molecule has 2 N–H and O–H groups in total. The summed E-state index contributed by atoms with van der Waals surface area (Å²) in [6, 6.07) is 12.1. The van der Waals surface area contributed by atoms with E-state index in [1.165, 1.54) is 0 Å². The van der Waals surface area contributed by atoms with Crippen molar-refractivity contribution in [2.24, 2.45) is 0 Å². The fourth-order valence-corrected chi connectivity index (χ4v) is 3.80. The van der Waals surface area contributed by atoms with E-state index in [2.05, 4.69) is 20.9 Å². The minimum atomic E-state index is 0.424. The lowest BCUT2D eigenvalue weighted by atomic mass is 10.1. The van der Waals surface area contributed by atoms with Gasteiger partial charge in [0.15, 0.2) is 5.82 Å². The number of anilines is 3. The maximum absolute atomic E-state index is 6.40. The Morgan fingerprint density at radius 1 is 0.793 bits per heavy atom. The first-order valence-corrected chi connectivity index (χ1v) is 9.99. The van der Waals surface area contributed by atoms with E-state index in [-0.39, 0.29) is 0 Å². The molecule has 0 spiro atoms. The molecule has 8 nitrogen and oxygen atoms in total. The molecule has 3 aromatic rings. The molecule has 1 aromatic carbocycles. The second kappa shape index (κ2) is 7.81. The third-order valence-corrected chi connectivity index (χ3v) is 5.35. The highest BCUT2D eigenvalue weighted by Crippen LogP contribution is 2.33. The van der Waals surface area contributed by atoms with Gasteiger partial charge in [-0.3, -0.25) is 0 Å². The zero-order chi connectivity index (χ0) is 19.6. The summed E-state index contributed by atoms with van der Waals surface area (Å²) >= 11 is 0. The van der Waals surface area contributed by atoms with Crippen molar-refractivity contribution in [3.8, 4) is 11.3 Å². The van der Waals surface area contributed by atoms with Gasteiger partial charge in [0, 0.05) is 37.1 Å². The molecule has 2 aliphatic rings. The van der Waals surface area contributed by atoms with Crippen molar-refractivity contribution in [1.82, 2.24) is 15.0 Å². The van der Waals surface area contributed by atoms with Crippen molar-refractivity contribution >= 4 is 28.5 Å². The van der Waals surface area contributed by atoms with Crippen LogP contribution in [0.4, 0.5) is 17.6 Å². The van der Waals surface area contributed by atoms with Crippen LogP contribution in [0.1, 0.15) is 0 Å². The first-order chi connectivity index (χ1) is 14.3. The van der Waals surface area contributed by atoms with E-state index in [0.717, 1.165) is 48.6 Å². The van der Waals surface area contributed by atoms with E-state index in [0.29, 0.717) is 43.7 Å². The Morgan fingerprint density at radius 3 is 2.14 bits per heavy atom. The van der Waals surface area contributed by atoms with Gasteiger partial charge in [-0.25, -0.2) is 9.97 Å². The molecule has 0 bridgehead atoms. The zero-order valence-corrected chi connectivity index (χ0v) is 16.3. The lowest BCUT2D eigenvalue weighted by molar-refractivity contribution is 0.121. The summed E-state index contributed by atoms with van der Waals surface area (Å²) in [7, 11) is 0. The van der Waals surface area contributed by atoms with Gasteiger partial charge in [0.25, 0.3) is 0 Å². The van der Waals surface area contributed by atoms with Gasteiger partial charge in [-0.1, -0.05) is 30.3 Å². The van der Waals surface area contributed by atoms with Crippen LogP contribution in [0.3, 0.4) is 0 Å². The number of morpholine rings is 2. The molecule has 0 aliphatic carbocycles. The molecule has 0 saturated carbocycles. The molecule has 0 atom stereocenters. The van der Waals surface area contributed by atoms with E-state index in [9.17, 15) is 0 Å². The SMILES string of the molecule is Nc1nc(-c2ccccc2)cc2c(N3CCOCC3)nc(N3CCOCC3)nc12. The van der Waals surface area contributed by atoms with Crippen LogP contribution in [0.2, 0.25) is 0 Å². The highest BCUT2D eigenvalue weighted by molar-refractivity contribution is 5.98. The van der Waals surface area contributed by atoms with Crippen LogP contribution in [0, 0.1) is 0 Å². The number of nitrogens with zero attached hydrogens (tertiary/aromatic N) is 5. The number of pyridine rings is 1. The zero-order valence-electron chi connectivity index (χ0n) is 16.3. The van der Waals surface area contributed by atoms with Gasteiger partial charge in [0.2, 0.25) is 5.95 Å². The number of hydrogen-bond acceptors (Lipinski definition) is 8. The van der Waals surface area contributed by atoms with Crippen LogP contribution < -0.4 is 15.5 Å².